The molecule has 0 spiro atoms. The largest absolute Gasteiger partial charge is 0.389 e. The lowest BCUT2D eigenvalue weighted by Crippen LogP contribution is -2.15. The number of rotatable bonds is 3. The van der Waals surface area contributed by atoms with Crippen LogP contribution in [0, 0.1) is 5.92 Å². The molecule has 94 valence electrons. The summed E-state index contributed by atoms with van der Waals surface area (Å²) in [7, 11) is 0. The van der Waals surface area contributed by atoms with Gasteiger partial charge < -0.3 is 5.11 Å². The minimum absolute atomic E-state index is 0.424. The zero-order valence-electron chi connectivity index (χ0n) is 10.6. The van der Waals surface area contributed by atoms with Gasteiger partial charge in [-0.1, -0.05) is 25.8 Å². The molecule has 0 radical (unpaired) electrons. The smallest absolute Gasteiger partial charge is 0.102 e. The molecule has 0 aromatic carbocycles. The van der Waals surface area contributed by atoms with Crippen molar-refractivity contribution < 1.29 is 5.11 Å². The second-order valence-electron chi connectivity index (χ2n) is 5.09. The number of aliphatic hydroxyl groups is 1. The van der Waals surface area contributed by atoms with Crippen LogP contribution in [0.1, 0.15) is 51.2 Å². The summed E-state index contributed by atoms with van der Waals surface area (Å²) in [4.78, 5) is 4.42. The molecule has 1 aromatic heterocycles. The molecule has 3 heteroatoms. The molecule has 1 aliphatic rings. The van der Waals surface area contributed by atoms with Gasteiger partial charge in [0, 0.05) is 17.0 Å². The Balaban J connectivity index is 2.07. The number of thioether (sulfide) groups is 1. The number of nitrogens with zero attached hydrogens (tertiary/aromatic N) is 1. The first kappa shape index (κ1) is 12.9. The van der Waals surface area contributed by atoms with Gasteiger partial charge in [-0.15, -0.1) is 11.8 Å². The minimum Gasteiger partial charge on any atom is -0.389 e. The highest BCUT2D eigenvalue weighted by atomic mass is 32.2. The Morgan fingerprint density at radius 1 is 1.47 bits per heavy atom. The lowest BCUT2D eigenvalue weighted by molar-refractivity contribution is 0.195. The maximum Gasteiger partial charge on any atom is 0.102 e. The molecule has 1 fully saturated rings. The maximum atomic E-state index is 9.73. The first-order valence-corrected chi connectivity index (χ1v) is 7.34. The molecule has 1 aliphatic carbocycles. The van der Waals surface area contributed by atoms with E-state index in [1.807, 2.05) is 37.0 Å². The third-order valence-corrected chi connectivity index (χ3v) is 4.74. The zero-order valence-corrected chi connectivity index (χ0v) is 11.4. The van der Waals surface area contributed by atoms with E-state index in [1.54, 1.807) is 0 Å². The number of aromatic nitrogens is 1. The summed E-state index contributed by atoms with van der Waals surface area (Å²) in [6.45, 7) is 4.14. The lowest BCUT2D eigenvalue weighted by atomic mass is 9.91. The molecule has 2 nitrogen and oxygen atoms in total. The monoisotopic (exact) mass is 251 g/mol. The molecule has 0 aliphatic heterocycles. The summed E-state index contributed by atoms with van der Waals surface area (Å²) < 4.78 is 0. The Kier molecular flexibility index (Phi) is 4.46. The van der Waals surface area contributed by atoms with Crippen molar-refractivity contribution in [1.82, 2.24) is 4.98 Å². The molecule has 2 rings (SSSR count). The summed E-state index contributed by atoms with van der Waals surface area (Å²) in [6.07, 6.45) is 6.65. The molecule has 1 saturated carbocycles. The Morgan fingerprint density at radius 3 is 3.00 bits per heavy atom. The molecule has 1 aromatic rings. The van der Waals surface area contributed by atoms with Crippen LogP contribution in [-0.2, 0) is 0 Å². The SMILES string of the molecule is CC1CCCC(Sc2ncccc2[C@H](C)O)C1. The first-order valence-electron chi connectivity index (χ1n) is 6.46. The van der Waals surface area contributed by atoms with Crippen LogP contribution < -0.4 is 0 Å². The lowest BCUT2D eigenvalue weighted by Gasteiger charge is -2.26. The number of pyridine rings is 1. The van der Waals surface area contributed by atoms with Crippen molar-refractivity contribution in [2.75, 3.05) is 0 Å². The Morgan fingerprint density at radius 2 is 2.29 bits per heavy atom. The molecule has 1 heterocycles. The van der Waals surface area contributed by atoms with Crippen molar-refractivity contribution in [2.45, 2.75) is 55.9 Å². The number of hydrogen-bond donors (Lipinski definition) is 1. The van der Waals surface area contributed by atoms with Gasteiger partial charge in [-0.2, -0.15) is 0 Å². The number of hydrogen-bond acceptors (Lipinski definition) is 3. The maximum absolute atomic E-state index is 9.73. The van der Waals surface area contributed by atoms with Crippen LogP contribution >= 0.6 is 11.8 Å². The van der Waals surface area contributed by atoms with Crippen molar-refractivity contribution in [3.05, 3.63) is 23.9 Å². The fourth-order valence-electron chi connectivity index (χ4n) is 2.46. The van der Waals surface area contributed by atoms with E-state index in [4.69, 9.17) is 0 Å². The quantitative estimate of drug-likeness (QED) is 0.887. The van der Waals surface area contributed by atoms with Crippen molar-refractivity contribution >= 4 is 11.8 Å². The van der Waals surface area contributed by atoms with Crippen LogP contribution in [0.5, 0.6) is 0 Å². The fraction of sp³-hybridized carbons (Fsp3) is 0.643. The van der Waals surface area contributed by atoms with Gasteiger partial charge in [-0.25, -0.2) is 4.98 Å². The van der Waals surface area contributed by atoms with Gasteiger partial charge in [0.2, 0.25) is 0 Å². The van der Waals surface area contributed by atoms with E-state index in [9.17, 15) is 5.11 Å². The highest BCUT2D eigenvalue weighted by Crippen LogP contribution is 2.37. The Labute approximate surface area is 108 Å². The molecule has 0 amide bonds. The fourth-order valence-corrected chi connectivity index (χ4v) is 3.98. The van der Waals surface area contributed by atoms with Gasteiger partial charge >= 0.3 is 0 Å². The second kappa shape index (κ2) is 5.87. The van der Waals surface area contributed by atoms with Crippen LogP contribution in [0.15, 0.2) is 23.4 Å². The van der Waals surface area contributed by atoms with Gasteiger partial charge in [-0.05, 0) is 31.7 Å². The molecule has 1 N–H and O–H groups in total. The van der Waals surface area contributed by atoms with Gasteiger partial charge in [0.05, 0.1) is 6.10 Å². The van der Waals surface area contributed by atoms with E-state index < -0.39 is 6.10 Å². The van der Waals surface area contributed by atoms with Gasteiger partial charge in [0.15, 0.2) is 0 Å². The Bertz CT molecular complexity index is 367. The first-order chi connectivity index (χ1) is 8.16. The van der Waals surface area contributed by atoms with Crippen LogP contribution in [0.4, 0.5) is 0 Å². The second-order valence-corrected chi connectivity index (χ2v) is 6.37. The molecule has 0 saturated heterocycles. The number of aliphatic hydroxyl groups excluding tert-OH is 1. The molecule has 3 atom stereocenters. The van der Waals surface area contributed by atoms with E-state index >= 15 is 0 Å². The standard InChI is InChI=1S/C14H21NOS/c1-10-5-3-6-12(9-10)17-14-13(11(2)16)7-4-8-15-14/h4,7-8,10-12,16H,3,5-6,9H2,1-2H3/t10?,11-,12?/m0/s1. The van der Waals surface area contributed by atoms with Crippen molar-refractivity contribution in [3.63, 3.8) is 0 Å². The summed E-state index contributed by atoms with van der Waals surface area (Å²) in [5.41, 5.74) is 0.968. The molecule has 2 unspecified atom stereocenters. The van der Waals surface area contributed by atoms with E-state index in [0.717, 1.165) is 16.5 Å². The molecule has 17 heavy (non-hydrogen) atoms. The summed E-state index contributed by atoms with van der Waals surface area (Å²) in [5.74, 6) is 0.833. The van der Waals surface area contributed by atoms with E-state index in [2.05, 4.69) is 11.9 Å². The van der Waals surface area contributed by atoms with Crippen LogP contribution in [-0.4, -0.2) is 15.3 Å². The van der Waals surface area contributed by atoms with Gasteiger partial charge in [-0.3, -0.25) is 0 Å². The third-order valence-electron chi connectivity index (χ3n) is 3.42. The predicted octanol–water partition coefficient (Wildman–Crippen LogP) is 3.81. The minimum atomic E-state index is -0.424. The zero-order chi connectivity index (χ0) is 12.3. The average Bonchev–Trinajstić information content (AvgIpc) is 2.29. The molecular formula is C14H21NOS. The third kappa shape index (κ3) is 3.46. The van der Waals surface area contributed by atoms with Gasteiger partial charge in [0.1, 0.15) is 5.03 Å². The summed E-state index contributed by atoms with van der Waals surface area (Å²) in [5, 5.41) is 11.4. The van der Waals surface area contributed by atoms with Gasteiger partial charge in [0.25, 0.3) is 0 Å². The normalized spacial score (nSPS) is 26.8. The van der Waals surface area contributed by atoms with Crippen LogP contribution in [0.2, 0.25) is 0 Å². The Hall–Kier alpha value is -0.540. The topological polar surface area (TPSA) is 33.1 Å². The van der Waals surface area contributed by atoms with E-state index in [-0.39, 0.29) is 0 Å². The van der Waals surface area contributed by atoms with Crippen molar-refractivity contribution in [2.24, 2.45) is 5.92 Å². The average molecular weight is 251 g/mol. The highest BCUT2D eigenvalue weighted by molar-refractivity contribution is 7.99. The summed E-state index contributed by atoms with van der Waals surface area (Å²) >= 11 is 1.85. The van der Waals surface area contributed by atoms with Crippen LogP contribution in [0.25, 0.3) is 0 Å². The predicted molar refractivity (Wildman–Crippen MR) is 72.1 cm³/mol. The van der Waals surface area contributed by atoms with Crippen molar-refractivity contribution in [1.29, 1.82) is 0 Å². The molecular weight excluding hydrogens is 230 g/mol. The van der Waals surface area contributed by atoms with E-state index in [0.29, 0.717) is 5.25 Å². The molecule has 0 bridgehead atoms. The van der Waals surface area contributed by atoms with E-state index in [1.165, 1.54) is 25.7 Å². The highest BCUT2D eigenvalue weighted by Gasteiger charge is 2.21. The van der Waals surface area contributed by atoms with Crippen molar-refractivity contribution in [3.8, 4) is 0 Å². The summed E-state index contributed by atoms with van der Waals surface area (Å²) in [6, 6.07) is 3.88. The van der Waals surface area contributed by atoms with Crippen LogP contribution in [0.3, 0.4) is 0 Å².